The number of carbonyl (C=O) groups excluding carboxylic acids is 1. The van der Waals surface area contributed by atoms with Gasteiger partial charge in [0.2, 0.25) is 0 Å². The molecule has 138 valence electrons. The molecular weight excluding hydrogens is 360 g/mol. The van der Waals surface area contributed by atoms with Crippen molar-refractivity contribution >= 4 is 34.0 Å². The van der Waals surface area contributed by atoms with Crippen LogP contribution in [0.15, 0.2) is 65.8 Å². The Morgan fingerprint density at radius 3 is 2.56 bits per heavy atom. The number of hydrogen-bond donors (Lipinski definition) is 1. The number of nitrogens with zero attached hydrogens (tertiary/aromatic N) is 1. The van der Waals surface area contributed by atoms with E-state index in [1.165, 1.54) is 5.39 Å². The molecule has 1 atom stereocenters. The van der Waals surface area contributed by atoms with Crippen LogP contribution in [0.3, 0.4) is 0 Å². The molecular formula is C22H21ClN2O2. The van der Waals surface area contributed by atoms with Crippen LogP contribution in [-0.4, -0.2) is 17.7 Å². The zero-order valence-corrected chi connectivity index (χ0v) is 16.2. The van der Waals surface area contributed by atoms with Gasteiger partial charge in [-0.05, 0) is 66.9 Å². The Labute approximate surface area is 163 Å². The molecule has 1 N–H and O–H groups in total. The Hall–Kier alpha value is -2.85. The van der Waals surface area contributed by atoms with Crippen LogP contribution < -0.4 is 10.2 Å². The highest BCUT2D eigenvalue weighted by molar-refractivity contribution is 6.30. The highest BCUT2D eigenvalue weighted by Crippen LogP contribution is 2.23. The molecule has 0 aliphatic rings. The van der Waals surface area contributed by atoms with E-state index >= 15 is 0 Å². The van der Waals surface area contributed by atoms with Crippen LogP contribution in [0.2, 0.25) is 5.02 Å². The fourth-order valence-corrected chi connectivity index (χ4v) is 2.92. The second-order valence-corrected chi connectivity index (χ2v) is 6.84. The number of fused-ring (bicyclic) bond motifs is 1. The van der Waals surface area contributed by atoms with Gasteiger partial charge in [0.15, 0.2) is 6.10 Å². The number of hydrazone groups is 1. The van der Waals surface area contributed by atoms with Gasteiger partial charge in [0.1, 0.15) is 5.75 Å². The first kappa shape index (κ1) is 18.9. The van der Waals surface area contributed by atoms with Crippen LogP contribution in [0, 0.1) is 6.92 Å². The summed E-state index contributed by atoms with van der Waals surface area (Å²) in [6.45, 7) is 5.43. The maximum atomic E-state index is 12.3. The van der Waals surface area contributed by atoms with E-state index in [0.29, 0.717) is 10.8 Å². The number of hydrogen-bond acceptors (Lipinski definition) is 3. The molecule has 4 nitrogen and oxygen atoms in total. The van der Waals surface area contributed by atoms with E-state index in [1.54, 1.807) is 25.1 Å². The molecule has 0 aromatic heterocycles. The molecule has 0 saturated heterocycles. The van der Waals surface area contributed by atoms with Crippen molar-refractivity contribution in [2.75, 3.05) is 0 Å². The zero-order valence-electron chi connectivity index (χ0n) is 15.5. The van der Waals surface area contributed by atoms with Crippen LogP contribution in [-0.2, 0) is 4.79 Å². The van der Waals surface area contributed by atoms with E-state index in [4.69, 9.17) is 16.3 Å². The van der Waals surface area contributed by atoms with E-state index in [2.05, 4.69) is 28.7 Å². The Balaban J connectivity index is 1.67. The van der Waals surface area contributed by atoms with Gasteiger partial charge in [0, 0.05) is 5.02 Å². The lowest BCUT2D eigenvalue weighted by molar-refractivity contribution is -0.127. The molecule has 1 amide bonds. The lowest BCUT2D eigenvalue weighted by Gasteiger charge is -2.15. The fourth-order valence-electron chi connectivity index (χ4n) is 2.70. The monoisotopic (exact) mass is 380 g/mol. The SMILES string of the molecule is CC(=NNC(=O)C(C)Oc1ccc(Cl)cc1C)c1ccc2ccccc2c1. The smallest absolute Gasteiger partial charge is 0.280 e. The average Bonchev–Trinajstić information content (AvgIpc) is 2.67. The van der Waals surface area contributed by atoms with E-state index in [1.807, 2.05) is 38.1 Å². The third-order valence-corrected chi connectivity index (χ3v) is 4.55. The van der Waals surface area contributed by atoms with Gasteiger partial charge in [-0.15, -0.1) is 0 Å². The van der Waals surface area contributed by atoms with Gasteiger partial charge in [-0.3, -0.25) is 4.79 Å². The standard InChI is InChI=1S/C22H21ClN2O2/c1-14-12-20(23)10-11-21(14)27-16(3)22(26)25-24-15(2)18-9-8-17-6-4-5-7-19(17)13-18/h4-13,16H,1-3H3,(H,25,26). The summed E-state index contributed by atoms with van der Waals surface area (Å²) >= 11 is 5.94. The van der Waals surface area contributed by atoms with Gasteiger partial charge < -0.3 is 4.74 Å². The number of nitrogens with one attached hydrogen (secondary N) is 1. The maximum absolute atomic E-state index is 12.3. The minimum atomic E-state index is -0.682. The van der Waals surface area contributed by atoms with Crippen molar-refractivity contribution in [1.29, 1.82) is 0 Å². The summed E-state index contributed by atoms with van der Waals surface area (Å²) in [6.07, 6.45) is -0.682. The van der Waals surface area contributed by atoms with Gasteiger partial charge in [-0.1, -0.05) is 48.0 Å². The predicted octanol–water partition coefficient (Wildman–Crippen LogP) is 5.11. The number of carbonyl (C=O) groups is 1. The Morgan fingerprint density at radius 2 is 1.81 bits per heavy atom. The van der Waals surface area contributed by atoms with Crippen LogP contribution in [0.25, 0.3) is 10.8 Å². The number of benzene rings is 3. The lowest BCUT2D eigenvalue weighted by atomic mass is 10.0. The Bertz CT molecular complexity index is 1010. The molecule has 0 spiro atoms. The third-order valence-electron chi connectivity index (χ3n) is 4.31. The quantitative estimate of drug-likeness (QED) is 0.494. The van der Waals surface area contributed by atoms with Gasteiger partial charge in [-0.25, -0.2) is 5.43 Å². The van der Waals surface area contributed by atoms with Crippen LogP contribution in [0.5, 0.6) is 5.75 Å². The van der Waals surface area contributed by atoms with Crippen molar-refractivity contribution in [2.24, 2.45) is 5.10 Å². The van der Waals surface area contributed by atoms with Crippen molar-refractivity contribution < 1.29 is 9.53 Å². The molecule has 3 aromatic carbocycles. The molecule has 0 saturated carbocycles. The first-order valence-electron chi connectivity index (χ1n) is 8.70. The van der Waals surface area contributed by atoms with E-state index in [9.17, 15) is 4.79 Å². The van der Waals surface area contributed by atoms with Gasteiger partial charge in [-0.2, -0.15) is 5.10 Å². The van der Waals surface area contributed by atoms with Crippen LogP contribution in [0.4, 0.5) is 0 Å². The second-order valence-electron chi connectivity index (χ2n) is 6.41. The third kappa shape index (κ3) is 4.66. The van der Waals surface area contributed by atoms with Crippen LogP contribution in [0.1, 0.15) is 25.0 Å². The van der Waals surface area contributed by atoms with Crippen molar-refractivity contribution in [3.63, 3.8) is 0 Å². The van der Waals surface area contributed by atoms with Crippen molar-refractivity contribution in [3.8, 4) is 5.75 Å². The summed E-state index contributed by atoms with van der Waals surface area (Å²) < 4.78 is 5.72. The molecule has 0 radical (unpaired) electrons. The number of ether oxygens (including phenoxy) is 1. The first-order valence-corrected chi connectivity index (χ1v) is 9.08. The van der Waals surface area contributed by atoms with Gasteiger partial charge in [0.05, 0.1) is 5.71 Å². The molecule has 0 heterocycles. The number of amides is 1. The largest absolute Gasteiger partial charge is 0.481 e. The Morgan fingerprint density at radius 1 is 1.07 bits per heavy atom. The summed E-state index contributed by atoms with van der Waals surface area (Å²) in [5.41, 5.74) is 5.13. The second kappa shape index (κ2) is 8.23. The fraction of sp³-hybridized carbons (Fsp3) is 0.182. The summed E-state index contributed by atoms with van der Waals surface area (Å²) in [5.74, 6) is 0.307. The molecule has 0 aliphatic heterocycles. The number of rotatable bonds is 5. The summed E-state index contributed by atoms with van der Waals surface area (Å²) in [7, 11) is 0. The molecule has 0 bridgehead atoms. The van der Waals surface area contributed by atoms with Crippen molar-refractivity contribution in [2.45, 2.75) is 26.9 Å². The molecule has 0 aliphatic carbocycles. The molecule has 3 aromatic rings. The average molecular weight is 381 g/mol. The summed E-state index contributed by atoms with van der Waals surface area (Å²) in [4.78, 5) is 12.3. The minimum Gasteiger partial charge on any atom is -0.481 e. The summed E-state index contributed by atoms with van der Waals surface area (Å²) in [6, 6.07) is 19.5. The lowest BCUT2D eigenvalue weighted by Crippen LogP contribution is -2.34. The molecule has 3 rings (SSSR count). The summed E-state index contributed by atoms with van der Waals surface area (Å²) in [5, 5.41) is 7.14. The molecule has 5 heteroatoms. The van der Waals surface area contributed by atoms with E-state index < -0.39 is 6.10 Å². The molecule has 0 fully saturated rings. The topological polar surface area (TPSA) is 50.7 Å². The van der Waals surface area contributed by atoms with Gasteiger partial charge >= 0.3 is 0 Å². The van der Waals surface area contributed by atoms with Crippen molar-refractivity contribution in [3.05, 3.63) is 76.8 Å². The van der Waals surface area contributed by atoms with E-state index in [-0.39, 0.29) is 5.91 Å². The van der Waals surface area contributed by atoms with Crippen LogP contribution >= 0.6 is 11.6 Å². The number of aryl methyl sites for hydroxylation is 1. The molecule has 1 unspecified atom stereocenters. The highest BCUT2D eigenvalue weighted by Gasteiger charge is 2.15. The zero-order chi connectivity index (χ0) is 19.4. The Kier molecular flexibility index (Phi) is 5.77. The van der Waals surface area contributed by atoms with Crippen molar-refractivity contribution in [1.82, 2.24) is 5.43 Å². The predicted molar refractivity (Wildman–Crippen MR) is 111 cm³/mol. The molecule has 27 heavy (non-hydrogen) atoms. The van der Waals surface area contributed by atoms with E-state index in [0.717, 1.165) is 22.2 Å². The van der Waals surface area contributed by atoms with Gasteiger partial charge in [0.25, 0.3) is 5.91 Å². The highest BCUT2D eigenvalue weighted by atomic mass is 35.5. The maximum Gasteiger partial charge on any atom is 0.280 e. The minimum absolute atomic E-state index is 0.315. The first-order chi connectivity index (χ1) is 12.9. The number of halogens is 1. The normalized spacial score (nSPS) is 12.7.